The van der Waals surface area contributed by atoms with E-state index in [4.69, 9.17) is 0 Å². The highest BCUT2D eigenvalue weighted by molar-refractivity contribution is 5.50. The van der Waals surface area contributed by atoms with Crippen molar-refractivity contribution in [3.05, 3.63) is 29.3 Å². The molecular formula is C14H20F2N2. The molecule has 1 aliphatic carbocycles. The lowest BCUT2D eigenvalue weighted by Gasteiger charge is -2.20. The van der Waals surface area contributed by atoms with E-state index in [9.17, 15) is 8.78 Å². The van der Waals surface area contributed by atoms with Crippen LogP contribution in [0.5, 0.6) is 0 Å². The van der Waals surface area contributed by atoms with Crippen LogP contribution in [-0.4, -0.2) is 26.1 Å². The first-order chi connectivity index (χ1) is 8.56. The number of aryl methyl sites for hydroxylation is 1. The Morgan fingerprint density at radius 3 is 2.67 bits per heavy atom. The summed E-state index contributed by atoms with van der Waals surface area (Å²) in [4.78, 5) is 1.59. The smallest absolute Gasteiger partial charge is 0.255 e. The van der Waals surface area contributed by atoms with Crippen LogP contribution in [0.2, 0.25) is 0 Å². The zero-order valence-corrected chi connectivity index (χ0v) is 10.9. The molecule has 0 heterocycles. The summed E-state index contributed by atoms with van der Waals surface area (Å²) < 4.78 is 24.6. The van der Waals surface area contributed by atoms with Crippen LogP contribution in [0.15, 0.2) is 18.2 Å². The Bertz CT molecular complexity index is 403. The molecule has 0 radical (unpaired) electrons. The van der Waals surface area contributed by atoms with Crippen molar-refractivity contribution in [1.82, 2.24) is 5.32 Å². The molecule has 0 aromatic heterocycles. The minimum absolute atomic E-state index is 0.223. The van der Waals surface area contributed by atoms with Crippen LogP contribution in [0.4, 0.5) is 14.5 Å². The average molecular weight is 254 g/mol. The van der Waals surface area contributed by atoms with Crippen LogP contribution in [0.25, 0.3) is 0 Å². The Morgan fingerprint density at radius 1 is 1.39 bits per heavy atom. The van der Waals surface area contributed by atoms with E-state index in [-0.39, 0.29) is 6.54 Å². The molecule has 0 saturated heterocycles. The van der Waals surface area contributed by atoms with Crippen LogP contribution < -0.4 is 10.2 Å². The van der Waals surface area contributed by atoms with Crippen LogP contribution in [-0.2, 0) is 6.54 Å². The Kier molecular flexibility index (Phi) is 4.17. The lowest BCUT2D eigenvalue weighted by atomic mass is 10.1. The second-order valence-electron chi connectivity index (χ2n) is 5.04. The van der Waals surface area contributed by atoms with E-state index in [0.717, 1.165) is 17.8 Å². The fourth-order valence-electron chi connectivity index (χ4n) is 1.97. The van der Waals surface area contributed by atoms with E-state index in [0.29, 0.717) is 6.04 Å². The highest BCUT2D eigenvalue weighted by Crippen LogP contribution is 2.22. The SMILES string of the molecule is Cc1cc(N(C)CC(F)F)ccc1CNC1CC1. The first-order valence-electron chi connectivity index (χ1n) is 6.38. The zero-order valence-electron chi connectivity index (χ0n) is 10.9. The van der Waals surface area contributed by atoms with Crippen molar-refractivity contribution in [2.24, 2.45) is 0 Å². The minimum Gasteiger partial charge on any atom is -0.369 e. The van der Waals surface area contributed by atoms with E-state index >= 15 is 0 Å². The average Bonchev–Trinajstić information content (AvgIpc) is 3.10. The maximum atomic E-state index is 12.3. The van der Waals surface area contributed by atoms with Gasteiger partial charge >= 0.3 is 0 Å². The molecule has 0 spiro atoms. The molecule has 18 heavy (non-hydrogen) atoms. The van der Waals surface area contributed by atoms with E-state index in [1.807, 2.05) is 25.1 Å². The molecule has 0 bridgehead atoms. The molecule has 1 aromatic rings. The van der Waals surface area contributed by atoms with Crippen molar-refractivity contribution < 1.29 is 8.78 Å². The first-order valence-corrected chi connectivity index (χ1v) is 6.38. The highest BCUT2D eigenvalue weighted by Gasteiger charge is 2.20. The fourth-order valence-corrected chi connectivity index (χ4v) is 1.97. The topological polar surface area (TPSA) is 15.3 Å². The number of hydrogen-bond donors (Lipinski definition) is 1. The molecule has 0 atom stereocenters. The molecule has 1 fully saturated rings. The van der Waals surface area contributed by atoms with Crippen LogP contribution in [0, 0.1) is 6.92 Å². The van der Waals surface area contributed by atoms with E-state index in [1.165, 1.54) is 18.4 Å². The number of hydrogen-bond acceptors (Lipinski definition) is 2. The summed E-state index contributed by atoms with van der Waals surface area (Å²) >= 11 is 0. The molecule has 0 aliphatic heterocycles. The van der Waals surface area contributed by atoms with Crippen LogP contribution in [0.3, 0.4) is 0 Å². The Labute approximate surface area is 107 Å². The highest BCUT2D eigenvalue weighted by atomic mass is 19.3. The van der Waals surface area contributed by atoms with E-state index in [1.54, 1.807) is 11.9 Å². The van der Waals surface area contributed by atoms with Crippen LogP contribution >= 0.6 is 0 Å². The number of alkyl halides is 2. The quantitative estimate of drug-likeness (QED) is 0.839. The molecule has 0 amide bonds. The largest absolute Gasteiger partial charge is 0.369 e. The summed E-state index contributed by atoms with van der Waals surface area (Å²) in [6.45, 7) is 2.68. The van der Waals surface area contributed by atoms with Crippen molar-refractivity contribution in [3.8, 4) is 0 Å². The van der Waals surface area contributed by atoms with E-state index < -0.39 is 6.43 Å². The lowest BCUT2D eigenvalue weighted by Crippen LogP contribution is -2.24. The van der Waals surface area contributed by atoms with Gasteiger partial charge in [-0.25, -0.2) is 8.78 Å². The zero-order chi connectivity index (χ0) is 13.1. The Hall–Kier alpha value is -1.16. The minimum atomic E-state index is -2.30. The predicted octanol–water partition coefficient (Wildman–Crippen LogP) is 2.95. The number of anilines is 1. The van der Waals surface area contributed by atoms with Crippen molar-refractivity contribution in [2.75, 3.05) is 18.5 Å². The van der Waals surface area contributed by atoms with Gasteiger partial charge in [0.15, 0.2) is 0 Å². The van der Waals surface area contributed by atoms with Gasteiger partial charge in [0.1, 0.15) is 0 Å². The van der Waals surface area contributed by atoms with Gasteiger partial charge in [-0.15, -0.1) is 0 Å². The van der Waals surface area contributed by atoms with Gasteiger partial charge in [0, 0.05) is 25.3 Å². The summed E-state index contributed by atoms with van der Waals surface area (Å²) in [6.07, 6.45) is 0.245. The Morgan fingerprint density at radius 2 is 2.11 bits per heavy atom. The third-order valence-electron chi connectivity index (χ3n) is 3.34. The van der Waals surface area contributed by atoms with Crippen LogP contribution in [0.1, 0.15) is 24.0 Å². The van der Waals surface area contributed by atoms with E-state index in [2.05, 4.69) is 5.32 Å². The third kappa shape index (κ3) is 3.67. The maximum Gasteiger partial charge on any atom is 0.255 e. The van der Waals surface area contributed by atoms with Gasteiger partial charge < -0.3 is 10.2 Å². The summed E-state index contributed by atoms with van der Waals surface area (Å²) in [6, 6.07) is 6.61. The molecule has 0 unspecified atom stereocenters. The van der Waals surface area contributed by atoms with Gasteiger partial charge in [0.05, 0.1) is 6.54 Å². The number of rotatable bonds is 6. The third-order valence-corrected chi connectivity index (χ3v) is 3.34. The molecule has 1 N–H and O–H groups in total. The molecule has 1 aromatic carbocycles. The number of halogens is 2. The normalized spacial score (nSPS) is 15.2. The molecule has 2 nitrogen and oxygen atoms in total. The molecule has 1 aliphatic rings. The number of benzene rings is 1. The first kappa shape index (κ1) is 13.3. The van der Waals surface area contributed by atoms with Crippen molar-refractivity contribution in [3.63, 3.8) is 0 Å². The van der Waals surface area contributed by atoms with Gasteiger partial charge in [-0.1, -0.05) is 6.07 Å². The number of nitrogens with zero attached hydrogens (tertiary/aromatic N) is 1. The summed E-state index contributed by atoms with van der Waals surface area (Å²) in [5.41, 5.74) is 3.25. The van der Waals surface area contributed by atoms with Gasteiger partial charge in [-0.3, -0.25) is 0 Å². The monoisotopic (exact) mass is 254 g/mol. The van der Waals surface area contributed by atoms with Gasteiger partial charge in [0.25, 0.3) is 6.43 Å². The maximum absolute atomic E-state index is 12.3. The van der Waals surface area contributed by atoms with Crippen molar-refractivity contribution in [2.45, 2.75) is 38.8 Å². The molecule has 100 valence electrons. The fraction of sp³-hybridized carbons (Fsp3) is 0.571. The standard InChI is InChI=1S/C14H20F2N2/c1-10-7-13(18(2)9-14(15)16)6-3-11(10)8-17-12-4-5-12/h3,6-7,12,14,17H,4-5,8-9H2,1-2H3. The molecule has 2 rings (SSSR count). The van der Waals surface area contributed by atoms with Gasteiger partial charge in [0.2, 0.25) is 0 Å². The number of nitrogens with one attached hydrogen (secondary N) is 1. The second-order valence-corrected chi connectivity index (χ2v) is 5.04. The second kappa shape index (κ2) is 5.65. The predicted molar refractivity (Wildman–Crippen MR) is 70.3 cm³/mol. The van der Waals surface area contributed by atoms with Gasteiger partial charge in [-0.2, -0.15) is 0 Å². The molecule has 1 saturated carbocycles. The van der Waals surface area contributed by atoms with Crippen molar-refractivity contribution >= 4 is 5.69 Å². The summed E-state index contributed by atoms with van der Waals surface area (Å²) in [5.74, 6) is 0. The lowest BCUT2D eigenvalue weighted by molar-refractivity contribution is 0.156. The molecular weight excluding hydrogens is 234 g/mol. The summed E-state index contributed by atoms with van der Waals surface area (Å²) in [7, 11) is 1.70. The van der Waals surface area contributed by atoms with Crippen molar-refractivity contribution in [1.29, 1.82) is 0 Å². The Balaban J connectivity index is 1.98. The van der Waals surface area contributed by atoms with Gasteiger partial charge in [-0.05, 0) is 43.0 Å². The molecule has 4 heteroatoms. The summed E-state index contributed by atoms with van der Waals surface area (Å²) in [5, 5.41) is 3.46.